The van der Waals surface area contributed by atoms with Crippen LogP contribution in [0.4, 0.5) is 13.2 Å². The first-order chi connectivity index (χ1) is 12.8. The molecule has 2 heterocycles. The summed E-state index contributed by atoms with van der Waals surface area (Å²) in [6.07, 6.45) is -4.41. The standard InChI is InChI=1S/C17H26F3N5OS.HI/c1-3-21-16(22-11-15(26)23(2)13-17(18,19)20)25-8-6-24(7-9-25)12-14-5-4-10-27-14;/h4-5,10H,3,6-9,11-13H2,1-2H3,(H,21,22);1H. The van der Waals surface area contributed by atoms with Crippen molar-refractivity contribution in [3.05, 3.63) is 22.4 Å². The van der Waals surface area contributed by atoms with Gasteiger partial charge in [-0.05, 0) is 18.4 Å². The third kappa shape index (κ3) is 8.52. The summed E-state index contributed by atoms with van der Waals surface area (Å²) in [5.74, 6) is -0.0823. The lowest BCUT2D eigenvalue weighted by atomic mass is 10.3. The molecule has 28 heavy (non-hydrogen) atoms. The molecule has 6 nitrogen and oxygen atoms in total. The second kappa shape index (κ2) is 11.8. The molecule has 0 spiro atoms. The van der Waals surface area contributed by atoms with Crippen LogP contribution in [0, 0.1) is 0 Å². The van der Waals surface area contributed by atoms with Crippen LogP contribution in [0.25, 0.3) is 0 Å². The van der Waals surface area contributed by atoms with Gasteiger partial charge in [-0.1, -0.05) is 6.07 Å². The maximum Gasteiger partial charge on any atom is 0.406 e. The highest BCUT2D eigenvalue weighted by atomic mass is 127. The van der Waals surface area contributed by atoms with Crippen LogP contribution < -0.4 is 5.32 Å². The number of carbonyl (C=O) groups excluding carboxylic acids is 1. The van der Waals surface area contributed by atoms with Crippen LogP contribution in [0.2, 0.25) is 0 Å². The van der Waals surface area contributed by atoms with E-state index in [9.17, 15) is 18.0 Å². The first-order valence-electron chi connectivity index (χ1n) is 8.87. The predicted octanol–water partition coefficient (Wildman–Crippen LogP) is 2.47. The van der Waals surface area contributed by atoms with Gasteiger partial charge in [0.15, 0.2) is 5.96 Å². The predicted molar refractivity (Wildman–Crippen MR) is 116 cm³/mol. The number of nitrogens with one attached hydrogen (secondary N) is 1. The number of aliphatic imine (C=N–C) groups is 1. The second-order valence-corrected chi connectivity index (χ2v) is 7.41. The van der Waals surface area contributed by atoms with Gasteiger partial charge in [0, 0.05) is 51.2 Å². The van der Waals surface area contributed by atoms with Crippen molar-refractivity contribution in [3.63, 3.8) is 0 Å². The van der Waals surface area contributed by atoms with Gasteiger partial charge < -0.3 is 15.1 Å². The molecule has 1 amide bonds. The molecule has 0 aliphatic carbocycles. The number of hydrogen-bond donors (Lipinski definition) is 1. The number of rotatable bonds is 6. The van der Waals surface area contributed by atoms with E-state index in [2.05, 4.69) is 26.7 Å². The van der Waals surface area contributed by atoms with E-state index in [-0.39, 0.29) is 30.5 Å². The minimum Gasteiger partial charge on any atom is -0.357 e. The monoisotopic (exact) mass is 533 g/mol. The van der Waals surface area contributed by atoms with Gasteiger partial charge in [-0.25, -0.2) is 4.99 Å². The Bertz CT molecular complexity index is 619. The number of piperazine rings is 1. The number of carbonyl (C=O) groups is 1. The Morgan fingerprint density at radius 2 is 2.00 bits per heavy atom. The van der Waals surface area contributed by atoms with Crippen molar-refractivity contribution in [2.45, 2.75) is 19.6 Å². The first kappa shape index (κ1) is 25.0. The zero-order valence-corrected chi connectivity index (χ0v) is 19.2. The third-order valence-corrected chi connectivity index (χ3v) is 5.03. The molecule has 1 aromatic rings. The topological polar surface area (TPSA) is 51.2 Å². The Hall–Kier alpha value is -1.08. The lowest BCUT2D eigenvalue weighted by molar-refractivity contribution is -0.157. The Morgan fingerprint density at radius 1 is 1.32 bits per heavy atom. The smallest absolute Gasteiger partial charge is 0.357 e. The largest absolute Gasteiger partial charge is 0.406 e. The van der Waals surface area contributed by atoms with Crippen molar-refractivity contribution in [1.29, 1.82) is 0 Å². The van der Waals surface area contributed by atoms with Crippen molar-refractivity contribution < 1.29 is 18.0 Å². The minimum absolute atomic E-state index is 0. The van der Waals surface area contributed by atoms with Gasteiger partial charge in [0.1, 0.15) is 13.1 Å². The number of guanidine groups is 1. The number of thiophene rings is 1. The van der Waals surface area contributed by atoms with Crippen LogP contribution in [0.3, 0.4) is 0 Å². The highest BCUT2D eigenvalue weighted by Crippen LogP contribution is 2.16. The summed E-state index contributed by atoms with van der Waals surface area (Å²) in [5, 5.41) is 5.19. The summed E-state index contributed by atoms with van der Waals surface area (Å²) >= 11 is 1.74. The zero-order chi connectivity index (χ0) is 19.9. The Balaban J connectivity index is 0.00000392. The number of alkyl halides is 3. The average Bonchev–Trinajstić information content (AvgIpc) is 3.10. The van der Waals surface area contributed by atoms with Crippen LogP contribution in [-0.2, 0) is 11.3 Å². The fourth-order valence-corrected chi connectivity index (χ4v) is 3.53. The van der Waals surface area contributed by atoms with Gasteiger partial charge in [-0.2, -0.15) is 13.2 Å². The van der Waals surface area contributed by atoms with E-state index < -0.39 is 18.6 Å². The molecule has 2 rings (SSSR count). The van der Waals surface area contributed by atoms with Crippen LogP contribution in [-0.4, -0.2) is 85.6 Å². The summed E-state index contributed by atoms with van der Waals surface area (Å²) in [6.45, 7) is 5.13. The van der Waals surface area contributed by atoms with E-state index in [1.54, 1.807) is 11.3 Å². The van der Waals surface area contributed by atoms with Crippen LogP contribution in [0.1, 0.15) is 11.8 Å². The molecule has 11 heteroatoms. The molecule has 1 N–H and O–H groups in total. The normalized spacial score (nSPS) is 15.9. The van der Waals surface area contributed by atoms with E-state index in [0.29, 0.717) is 17.4 Å². The maximum atomic E-state index is 12.4. The molecule has 0 unspecified atom stereocenters. The summed E-state index contributed by atoms with van der Waals surface area (Å²) in [6, 6.07) is 4.16. The molecule has 1 aliphatic heterocycles. The second-order valence-electron chi connectivity index (χ2n) is 6.38. The molecule has 0 saturated carbocycles. The zero-order valence-electron chi connectivity index (χ0n) is 16.0. The van der Waals surface area contributed by atoms with Crippen LogP contribution >= 0.6 is 35.3 Å². The van der Waals surface area contributed by atoms with E-state index in [1.807, 2.05) is 17.9 Å². The number of amides is 1. The Morgan fingerprint density at radius 3 is 2.54 bits per heavy atom. The molecule has 0 radical (unpaired) electrons. The molecule has 0 aromatic carbocycles. The van der Waals surface area contributed by atoms with E-state index in [0.717, 1.165) is 39.8 Å². The van der Waals surface area contributed by atoms with E-state index in [4.69, 9.17) is 0 Å². The summed E-state index contributed by atoms with van der Waals surface area (Å²) in [7, 11) is 1.14. The van der Waals surface area contributed by atoms with Gasteiger partial charge in [-0.3, -0.25) is 9.69 Å². The van der Waals surface area contributed by atoms with Crippen LogP contribution in [0.15, 0.2) is 22.5 Å². The third-order valence-electron chi connectivity index (χ3n) is 4.17. The number of nitrogens with zero attached hydrogens (tertiary/aromatic N) is 4. The fourth-order valence-electron chi connectivity index (χ4n) is 2.79. The Kier molecular flexibility index (Phi) is 10.5. The SMILES string of the molecule is CCNC(=NCC(=O)N(C)CC(F)(F)F)N1CCN(Cc2cccs2)CC1.I. The van der Waals surface area contributed by atoms with Crippen molar-refractivity contribution in [3.8, 4) is 0 Å². The van der Waals surface area contributed by atoms with Gasteiger partial charge in [0.2, 0.25) is 5.91 Å². The molecular formula is C17H27F3IN5OS. The summed E-state index contributed by atoms with van der Waals surface area (Å²) < 4.78 is 37.2. The van der Waals surface area contributed by atoms with Gasteiger partial charge in [0.05, 0.1) is 0 Å². The van der Waals surface area contributed by atoms with Gasteiger partial charge in [0.25, 0.3) is 0 Å². The first-order valence-corrected chi connectivity index (χ1v) is 9.75. The number of likely N-dealkylation sites (N-methyl/N-ethyl adjacent to an activating group) is 1. The molecule has 1 fully saturated rings. The molecular weight excluding hydrogens is 506 g/mol. The molecule has 1 aromatic heterocycles. The lowest BCUT2D eigenvalue weighted by Crippen LogP contribution is -2.52. The maximum absolute atomic E-state index is 12.4. The number of hydrogen-bond acceptors (Lipinski definition) is 4. The quantitative estimate of drug-likeness (QED) is 0.347. The lowest BCUT2D eigenvalue weighted by Gasteiger charge is -2.36. The van der Waals surface area contributed by atoms with E-state index in [1.165, 1.54) is 4.88 Å². The van der Waals surface area contributed by atoms with Crippen molar-refractivity contribution in [2.24, 2.45) is 4.99 Å². The average molecular weight is 533 g/mol. The number of halogens is 4. The van der Waals surface area contributed by atoms with Crippen molar-refractivity contribution in [1.82, 2.24) is 20.0 Å². The Labute approximate surface area is 184 Å². The molecule has 1 aliphatic rings. The summed E-state index contributed by atoms with van der Waals surface area (Å²) in [5.41, 5.74) is 0. The molecule has 0 atom stereocenters. The van der Waals surface area contributed by atoms with Gasteiger partial charge >= 0.3 is 6.18 Å². The van der Waals surface area contributed by atoms with Gasteiger partial charge in [-0.15, -0.1) is 35.3 Å². The highest BCUT2D eigenvalue weighted by Gasteiger charge is 2.31. The van der Waals surface area contributed by atoms with E-state index >= 15 is 0 Å². The van der Waals surface area contributed by atoms with Crippen LogP contribution in [0.5, 0.6) is 0 Å². The molecule has 160 valence electrons. The molecule has 1 saturated heterocycles. The van der Waals surface area contributed by atoms with Crippen molar-refractivity contribution in [2.75, 3.05) is 52.9 Å². The molecule has 0 bridgehead atoms. The highest BCUT2D eigenvalue weighted by molar-refractivity contribution is 14.0. The minimum atomic E-state index is -4.41. The fraction of sp³-hybridized carbons (Fsp3) is 0.647. The van der Waals surface area contributed by atoms with Crippen molar-refractivity contribution >= 4 is 47.2 Å². The summed E-state index contributed by atoms with van der Waals surface area (Å²) in [4.78, 5) is 22.5.